The van der Waals surface area contributed by atoms with E-state index in [1.807, 2.05) is 6.92 Å². The van der Waals surface area contributed by atoms with Crippen LogP contribution in [0.2, 0.25) is 0 Å². The Morgan fingerprint density at radius 1 is 1.53 bits per heavy atom. The van der Waals surface area contributed by atoms with Gasteiger partial charge in [0.2, 0.25) is 5.91 Å². The molecule has 1 aliphatic heterocycles. The van der Waals surface area contributed by atoms with E-state index in [1.54, 1.807) is 11.3 Å². The predicted octanol–water partition coefficient (Wildman–Crippen LogP) is 2.10. The summed E-state index contributed by atoms with van der Waals surface area (Å²) >= 11 is 5.22. The molecular weight excluding hydrogens is 326 g/mol. The fourth-order valence-electron chi connectivity index (χ4n) is 2.72. The normalized spacial score (nSPS) is 21.2. The monoisotopic (exact) mass is 345 g/mol. The molecule has 1 aliphatic rings. The van der Waals surface area contributed by atoms with Gasteiger partial charge in [-0.25, -0.2) is 0 Å². The molecule has 19 heavy (non-hydrogen) atoms. The number of halogens is 1. The van der Waals surface area contributed by atoms with E-state index in [-0.39, 0.29) is 23.9 Å². The van der Waals surface area contributed by atoms with Crippen molar-refractivity contribution >= 4 is 33.2 Å². The molecule has 106 valence electrons. The van der Waals surface area contributed by atoms with E-state index < -0.39 is 0 Å². The van der Waals surface area contributed by atoms with Gasteiger partial charge < -0.3 is 11.5 Å². The van der Waals surface area contributed by atoms with Gasteiger partial charge in [0, 0.05) is 26.7 Å². The summed E-state index contributed by atoms with van der Waals surface area (Å²) in [5, 5.41) is 2.08. The van der Waals surface area contributed by atoms with Gasteiger partial charge in [-0.15, -0.1) is 11.3 Å². The van der Waals surface area contributed by atoms with Crippen molar-refractivity contribution in [1.29, 1.82) is 0 Å². The molecule has 4 nitrogen and oxygen atoms in total. The number of carbonyl (C=O) groups is 1. The van der Waals surface area contributed by atoms with Crippen molar-refractivity contribution in [2.24, 2.45) is 17.4 Å². The van der Waals surface area contributed by atoms with E-state index in [1.165, 1.54) is 4.88 Å². The number of primary amides is 1. The molecule has 0 bridgehead atoms. The second-order valence-electron chi connectivity index (χ2n) is 5.18. The molecule has 1 saturated heterocycles. The van der Waals surface area contributed by atoms with Crippen LogP contribution in [0.15, 0.2) is 15.9 Å². The predicted molar refractivity (Wildman–Crippen MR) is 81.9 cm³/mol. The summed E-state index contributed by atoms with van der Waals surface area (Å²) in [6.45, 7) is 3.81. The lowest BCUT2D eigenvalue weighted by molar-refractivity contribution is -0.123. The number of nitrogens with zero attached hydrogens (tertiary/aromatic N) is 1. The minimum Gasteiger partial charge on any atom is -0.369 e. The van der Waals surface area contributed by atoms with Gasteiger partial charge in [-0.3, -0.25) is 9.69 Å². The Morgan fingerprint density at radius 2 is 2.16 bits per heavy atom. The average Bonchev–Trinajstić information content (AvgIpc) is 2.76. The van der Waals surface area contributed by atoms with Crippen LogP contribution in [0.5, 0.6) is 0 Å². The molecule has 2 heterocycles. The summed E-state index contributed by atoms with van der Waals surface area (Å²) < 4.78 is 1.10. The number of carbonyl (C=O) groups excluding carboxylic acids is 1. The highest BCUT2D eigenvalue weighted by Gasteiger charge is 2.30. The maximum atomic E-state index is 11.2. The van der Waals surface area contributed by atoms with Gasteiger partial charge in [-0.1, -0.05) is 0 Å². The third kappa shape index (κ3) is 3.56. The molecule has 1 aromatic rings. The molecule has 1 fully saturated rings. The smallest absolute Gasteiger partial charge is 0.220 e. The number of hydrogen-bond acceptors (Lipinski definition) is 4. The van der Waals surface area contributed by atoms with Gasteiger partial charge in [-0.05, 0) is 54.9 Å². The Kier molecular flexibility index (Phi) is 5.00. The molecule has 0 spiro atoms. The average molecular weight is 346 g/mol. The second-order valence-corrected chi connectivity index (χ2v) is 7.04. The van der Waals surface area contributed by atoms with Gasteiger partial charge in [0.15, 0.2) is 0 Å². The summed E-state index contributed by atoms with van der Waals surface area (Å²) in [4.78, 5) is 14.9. The molecule has 2 unspecified atom stereocenters. The van der Waals surface area contributed by atoms with Gasteiger partial charge in [0.05, 0.1) is 6.04 Å². The number of rotatable bonds is 4. The van der Waals surface area contributed by atoms with E-state index in [0.717, 1.165) is 30.4 Å². The Morgan fingerprint density at radius 3 is 2.58 bits per heavy atom. The Balaban J connectivity index is 2.07. The lowest BCUT2D eigenvalue weighted by atomic mass is 9.94. The largest absolute Gasteiger partial charge is 0.369 e. The molecule has 1 amide bonds. The van der Waals surface area contributed by atoms with Gasteiger partial charge in [0.1, 0.15) is 0 Å². The number of hydrogen-bond donors (Lipinski definition) is 2. The first kappa shape index (κ1) is 15.0. The van der Waals surface area contributed by atoms with Crippen LogP contribution >= 0.6 is 27.3 Å². The van der Waals surface area contributed by atoms with Crippen molar-refractivity contribution in [2.75, 3.05) is 13.1 Å². The molecule has 0 saturated carbocycles. The number of amides is 1. The van der Waals surface area contributed by atoms with Crippen molar-refractivity contribution in [3.05, 3.63) is 20.8 Å². The Bertz CT molecular complexity index is 441. The first-order chi connectivity index (χ1) is 8.99. The van der Waals surface area contributed by atoms with Crippen molar-refractivity contribution in [3.8, 4) is 0 Å². The maximum absolute atomic E-state index is 11.2. The van der Waals surface area contributed by atoms with E-state index in [4.69, 9.17) is 11.5 Å². The molecule has 0 aromatic carbocycles. The molecule has 4 N–H and O–H groups in total. The van der Waals surface area contributed by atoms with Crippen LogP contribution in [0.3, 0.4) is 0 Å². The van der Waals surface area contributed by atoms with E-state index in [9.17, 15) is 4.79 Å². The van der Waals surface area contributed by atoms with E-state index >= 15 is 0 Å². The third-order valence-electron chi connectivity index (χ3n) is 3.70. The quantitative estimate of drug-likeness (QED) is 0.877. The molecule has 0 radical (unpaired) electrons. The van der Waals surface area contributed by atoms with Gasteiger partial charge in [0.25, 0.3) is 0 Å². The maximum Gasteiger partial charge on any atom is 0.220 e. The van der Waals surface area contributed by atoms with Crippen molar-refractivity contribution in [3.63, 3.8) is 0 Å². The topological polar surface area (TPSA) is 72.3 Å². The minimum absolute atomic E-state index is 0.0278. The standard InChI is InChI=1S/C13H20BrN3OS/c1-8(15)12(11-6-10(14)7-19-11)17-4-2-9(3-5-17)13(16)18/h6-9,12H,2-5,15H2,1H3,(H2,16,18). The van der Waals surface area contributed by atoms with Crippen LogP contribution in [0.25, 0.3) is 0 Å². The Labute approximate surface area is 126 Å². The molecule has 6 heteroatoms. The molecule has 0 aliphatic carbocycles. The van der Waals surface area contributed by atoms with Gasteiger partial charge >= 0.3 is 0 Å². The summed E-state index contributed by atoms with van der Waals surface area (Å²) in [6.07, 6.45) is 1.68. The lowest BCUT2D eigenvalue weighted by Gasteiger charge is -2.38. The van der Waals surface area contributed by atoms with Crippen LogP contribution in [0, 0.1) is 5.92 Å². The summed E-state index contributed by atoms with van der Waals surface area (Å²) in [6, 6.07) is 2.43. The fourth-order valence-corrected chi connectivity index (χ4v) is 4.41. The van der Waals surface area contributed by atoms with Crippen molar-refractivity contribution in [1.82, 2.24) is 4.90 Å². The molecule has 2 rings (SSSR count). The number of piperidine rings is 1. The highest BCUT2D eigenvalue weighted by atomic mass is 79.9. The van der Waals surface area contributed by atoms with Crippen LogP contribution in [-0.2, 0) is 4.79 Å². The molecule has 2 atom stereocenters. The highest BCUT2D eigenvalue weighted by Crippen LogP contribution is 2.33. The zero-order valence-electron chi connectivity index (χ0n) is 11.0. The SMILES string of the molecule is CC(N)C(c1cc(Br)cs1)N1CCC(C(N)=O)CC1. The van der Waals surface area contributed by atoms with Crippen molar-refractivity contribution < 1.29 is 4.79 Å². The first-order valence-corrected chi connectivity index (χ1v) is 8.19. The summed E-state index contributed by atoms with van der Waals surface area (Å²) in [7, 11) is 0. The number of nitrogens with two attached hydrogens (primary N) is 2. The van der Waals surface area contributed by atoms with Crippen LogP contribution in [-0.4, -0.2) is 29.9 Å². The first-order valence-electron chi connectivity index (χ1n) is 6.52. The fraction of sp³-hybridized carbons (Fsp3) is 0.615. The van der Waals surface area contributed by atoms with Crippen molar-refractivity contribution in [2.45, 2.75) is 31.8 Å². The minimum atomic E-state index is -0.170. The van der Waals surface area contributed by atoms with Crippen LogP contribution in [0.1, 0.15) is 30.7 Å². The number of thiophene rings is 1. The zero-order valence-corrected chi connectivity index (χ0v) is 13.4. The lowest BCUT2D eigenvalue weighted by Crippen LogP contribution is -2.45. The van der Waals surface area contributed by atoms with Crippen LogP contribution in [0.4, 0.5) is 0 Å². The van der Waals surface area contributed by atoms with Crippen LogP contribution < -0.4 is 11.5 Å². The Hall–Kier alpha value is -0.430. The molecule has 1 aromatic heterocycles. The highest BCUT2D eigenvalue weighted by molar-refractivity contribution is 9.10. The number of likely N-dealkylation sites (tertiary alicyclic amines) is 1. The second kappa shape index (κ2) is 6.35. The third-order valence-corrected chi connectivity index (χ3v) is 5.47. The van der Waals surface area contributed by atoms with E-state index in [0.29, 0.717) is 0 Å². The van der Waals surface area contributed by atoms with Gasteiger partial charge in [-0.2, -0.15) is 0 Å². The van der Waals surface area contributed by atoms with E-state index in [2.05, 4.69) is 32.3 Å². The summed E-state index contributed by atoms with van der Waals surface area (Å²) in [5.41, 5.74) is 11.5. The summed E-state index contributed by atoms with van der Waals surface area (Å²) in [5.74, 6) is -0.143. The zero-order chi connectivity index (χ0) is 14.0. The molecular formula is C13H20BrN3OS.